The molecule has 1 aromatic rings. The average Bonchev–Trinajstić information content (AvgIpc) is 2.48. The first-order valence-electron chi connectivity index (χ1n) is 6.67. The Hall–Kier alpha value is -2.02. The summed E-state index contributed by atoms with van der Waals surface area (Å²) >= 11 is 5.80. The fourth-order valence-electron chi connectivity index (χ4n) is 2.08. The van der Waals surface area contributed by atoms with Crippen LogP contribution in [-0.2, 0) is 4.79 Å². The van der Waals surface area contributed by atoms with E-state index < -0.39 is 5.97 Å². The Balaban J connectivity index is 1.78. The summed E-state index contributed by atoms with van der Waals surface area (Å²) in [5, 5.41) is 11.7. The van der Waals surface area contributed by atoms with Gasteiger partial charge in [-0.3, -0.25) is 4.79 Å². The quantitative estimate of drug-likeness (QED) is 0.867. The van der Waals surface area contributed by atoms with Crippen molar-refractivity contribution >= 4 is 29.4 Å². The number of hydrogen-bond donors (Lipinski definition) is 2. The van der Waals surface area contributed by atoms with E-state index in [4.69, 9.17) is 16.7 Å². The molecular weight excluding hydrogens is 296 g/mol. The molecule has 2 rings (SSSR count). The number of anilines is 1. The number of carbonyl (C=O) groups excluding carboxylic acids is 1. The SMILES string of the molecule is O=C(O)CCNC(=O)N1CCN(c2ccc(Cl)cn2)CC1. The van der Waals surface area contributed by atoms with Crippen molar-refractivity contribution in [2.75, 3.05) is 37.6 Å². The first-order valence-corrected chi connectivity index (χ1v) is 7.05. The first kappa shape index (κ1) is 15.4. The predicted octanol–water partition coefficient (Wildman–Crippen LogP) is 1.04. The van der Waals surface area contributed by atoms with Crippen LogP contribution in [0.2, 0.25) is 5.02 Å². The van der Waals surface area contributed by atoms with Crippen LogP contribution in [0.4, 0.5) is 10.6 Å². The minimum absolute atomic E-state index is 0.0690. The molecule has 2 heterocycles. The number of nitrogens with zero attached hydrogens (tertiary/aromatic N) is 3. The summed E-state index contributed by atoms with van der Waals surface area (Å²) in [6, 6.07) is 3.42. The number of aliphatic carboxylic acids is 1. The Morgan fingerprint density at radius 1 is 1.29 bits per heavy atom. The van der Waals surface area contributed by atoms with Crippen LogP contribution < -0.4 is 10.2 Å². The minimum atomic E-state index is -0.922. The average molecular weight is 313 g/mol. The molecule has 1 aliphatic rings. The van der Waals surface area contributed by atoms with E-state index in [1.54, 1.807) is 17.2 Å². The van der Waals surface area contributed by atoms with Crippen LogP contribution in [0.3, 0.4) is 0 Å². The Labute approximate surface area is 127 Å². The van der Waals surface area contributed by atoms with Gasteiger partial charge in [0.2, 0.25) is 0 Å². The molecule has 0 atom stereocenters. The van der Waals surface area contributed by atoms with Crippen molar-refractivity contribution in [1.82, 2.24) is 15.2 Å². The highest BCUT2D eigenvalue weighted by Crippen LogP contribution is 2.16. The Bertz CT molecular complexity index is 501. The molecule has 0 radical (unpaired) electrons. The smallest absolute Gasteiger partial charge is 0.317 e. The number of carbonyl (C=O) groups is 2. The second-order valence-corrected chi connectivity index (χ2v) is 5.12. The summed E-state index contributed by atoms with van der Waals surface area (Å²) in [6.45, 7) is 2.65. The maximum atomic E-state index is 11.8. The molecule has 0 aliphatic carbocycles. The van der Waals surface area contributed by atoms with Crippen LogP contribution in [0.5, 0.6) is 0 Å². The Morgan fingerprint density at radius 3 is 2.57 bits per heavy atom. The number of hydrogen-bond acceptors (Lipinski definition) is 4. The molecule has 2 amide bonds. The largest absolute Gasteiger partial charge is 0.481 e. The summed E-state index contributed by atoms with van der Waals surface area (Å²) < 4.78 is 0. The molecule has 1 saturated heterocycles. The molecule has 0 bridgehead atoms. The molecule has 114 valence electrons. The molecule has 7 nitrogen and oxygen atoms in total. The highest BCUT2D eigenvalue weighted by molar-refractivity contribution is 6.30. The number of carboxylic acid groups (broad SMARTS) is 1. The van der Waals surface area contributed by atoms with Crippen molar-refractivity contribution in [2.45, 2.75) is 6.42 Å². The molecule has 1 fully saturated rings. The van der Waals surface area contributed by atoms with Crippen LogP contribution in [0.25, 0.3) is 0 Å². The molecule has 1 aromatic heterocycles. The lowest BCUT2D eigenvalue weighted by atomic mass is 10.3. The topological polar surface area (TPSA) is 85.8 Å². The number of nitrogens with one attached hydrogen (secondary N) is 1. The van der Waals surface area contributed by atoms with E-state index in [2.05, 4.69) is 15.2 Å². The fraction of sp³-hybridized carbons (Fsp3) is 0.462. The van der Waals surface area contributed by atoms with Crippen molar-refractivity contribution in [2.24, 2.45) is 0 Å². The van der Waals surface area contributed by atoms with Crippen LogP contribution >= 0.6 is 11.6 Å². The summed E-state index contributed by atoms with van der Waals surface area (Å²) in [7, 11) is 0. The van der Waals surface area contributed by atoms with Crippen LogP contribution in [-0.4, -0.2) is 59.7 Å². The van der Waals surface area contributed by atoms with Crippen molar-refractivity contribution < 1.29 is 14.7 Å². The van der Waals surface area contributed by atoms with Crippen LogP contribution in [0.15, 0.2) is 18.3 Å². The van der Waals surface area contributed by atoms with E-state index in [0.29, 0.717) is 31.2 Å². The minimum Gasteiger partial charge on any atom is -0.481 e. The van der Waals surface area contributed by atoms with Crippen molar-refractivity contribution in [3.05, 3.63) is 23.4 Å². The number of halogens is 1. The van der Waals surface area contributed by atoms with Gasteiger partial charge < -0.3 is 20.2 Å². The monoisotopic (exact) mass is 312 g/mol. The van der Waals surface area contributed by atoms with Gasteiger partial charge in [0.25, 0.3) is 0 Å². The maximum absolute atomic E-state index is 11.8. The number of urea groups is 1. The highest BCUT2D eigenvalue weighted by atomic mass is 35.5. The second-order valence-electron chi connectivity index (χ2n) is 4.68. The number of pyridine rings is 1. The normalized spacial score (nSPS) is 14.9. The zero-order chi connectivity index (χ0) is 15.2. The van der Waals surface area contributed by atoms with E-state index in [1.165, 1.54) is 0 Å². The van der Waals surface area contributed by atoms with Crippen LogP contribution in [0, 0.1) is 0 Å². The van der Waals surface area contributed by atoms with Gasteiger partial charge >= 0.3 is 12.0 Å². The lowest BCUT2D eigenvalue weighted by Gasteiger charge is -2.35. The predicted molar refractivity (Wildman–Crippen MR) is 78.7 cm³/mol. The Morgan fingerprint density at radius 2 is 2.00 bits per heavy atom. The number of piperazine rings is 1. The first-order chi connectivity index (χ1) is 10.1. The van der Waals surface area contributed by atoms with Gasteiger partial charge in [-0.15, -0.1) is 0 Å². The van der Waals surface area contributed by atoms with Gasteiger partial charge in [-0.2, -0.15) is 0 Å². The molecule has 2 N–H and O–H groups in total. The molecule has 0 spiro atoms. The van der Waals surface area contributed by atoms with Crippen molar-refractivity contribution in [1.29, 1.82) is 0 Å². The Kier molecular flexibility index (Phi) is 5.21. The highest BCUT2D eigenvalue weighted by Gasteiger charge is 2.21. The molecule has 8 heteroatoms. The molecule has 0 saturated carbocycles. The zero-order valence-electron chi connectivity index (χ0n) is 11.5. The summed E-state index contributed by atoms with van der Waals surface area (Å²) in [4.78, 5) is 30.2. The zero-order valence-corrected chi connectivity index (χ0v) is 12.2. The maximum Gasteiger partial charge on any atom is 0.317 e. The number of carboxylic acids is 1. The van der Waals surface area contributed by atoms with E-state index >= 15 is 0 Å². The summed E-state index contributed by atoms with van der Waals surface area (Å²) in [5.41, 5.74) is 0. The molecule has 21 heavy (non-hydrogen) atoms. The van der Waals surface area contributed by atoms with Crippen molar-refractivity contribution in [3.8, 4) is 0 Å². The van der Waals surface area contributed by atoms with Gasteiger partial charge in [-0.25, -0.2) is 9.78 Å². The molecular formula is C13H17ClN4O3. The second kappa shape index (κ2) is 7.12. The number of rotatable bonds is 4. The molecule has 0 aromatic carbocycles. The molecule has 0 unspecified atom stereocenters. The third-order valence-electron chi connectivity index (χ3n) is 3.22. The third kappa shape index (κ3) is 4.49. The van der Waals surface area contributed by atoms with Crippen LogP contribution in [0.1, 0.15) is 6.42 Å². The van der Waals surface area contributed by atoms with Gasteiger partial charge in [0.15, 0.2) is 0 Å². The van der Waals surface area contributed by atoms with Gasteiger partial charge in [-0.1, -0.05) is 11.6 Å². The van der Waals surface area contributed by atoms with Gasteiger partial charge in [0.05, 0.1) is 11.4 Å². The van der Waals surface area contributed by atoms with E-state index in [0.717, 1.165) is 5.82 Å². The summed E-state index contributed by atoms with van der Waals surface area (Å²) in [6.07, 6.45) is 1.53. The summed E-state index contributed by atoms with van der Waals surface area (Å²) in [5.74, 6) is -0.0840. The fourth-order valence-corrected chi connectivity index (χ4v) is 2.19. The van der Waals surface area contributed by atoms with Gasteiger partial charge in [0.1, 0.15) is 5.82 Å². The number of aromatic nitrogens is 1. The van der Waals surface area contributed by atoms with E-state index in [-0.39, 0.29) is 19.0 Å². The van der Waals surface area contributed by atoms with Gasteiger partial charge in [-0.05, 0) is 12.1 Å². The van der Waals surface area contributed by atoms with E-state index in [1.807, 2.05) is 6.07 Å². The standard InChI is InChI=1S/C13H17ClN4O3/c14-10-1-2-11(16-9-10)17-5-7-18(8-6-17)13(21)15-4-3-12(19)20/h1-2,9H,3-8H2,(H,15,21)(H,19,20). The third-order valence-corrected chi connectivity index (χ3v) is 3.44. The molecule has 1 aliphatic heterocycles. The van der Waals surface area contributed by atoms with Gasteiger partial charge in [0, 0.05) is 38.9 Å². The van der Waals surface area contributed by atoms with E-state index in [9.17, 15) is 9.59 Å². The lowest BCUT2D eigenvalue weighted by molar-refractivity contribution is -0.136. The lowest BCUT2D eigenvalue weighted by Crippen LogP contribution is -2.52. The number of amides is 2. The van der Waals surface area contributed by atoms with Crippen molar-refractivity contribution in [3.63, 3.8) is 0 Å².